The van der Waals surface area contributed by atoms with Crippen LogP contribution in [0, 0.1) is 5.92 Å². The Morgan fingerprint density at radius 1 is 0.815 bits per heavy atom. The van der Waals surface area contributed by atoms with Gasteiger partial charge in [-0.3, -0.25) is 0 Å². The van der Waals surface area contributed by atoms with Crippen LogP contribution in [0.2, 0.25) is 0 Å². The Balaban J connectivity index is 1.67. The number of H-pyrrole nitrogens is 1. The van der Waals surface area contributed by atoms with Crippen LogP contribution in [0.25, 0.3) is 38.9 Å². The minimum atomic E-state index is 0.430. The van der Waals surface area contributed by atoms with Crippen molar-refractivity contribution >= 4 is 38.9 Å². The number of aromatic amines is 1. The highest BCUT2D eigenvalue weighted by Gasteiger charge is 2.39. The molecule has 3 aromatic carbocycles. The van der Waals surface area contributed by atoms with Gasteiger partial charge in [0.05, 0.1) is 5.52 Å². The molecule has 126 valence electrons. The second-order valence-electron chi connectivity index (χ2n) is 7.82. The maximum atomic E-state index is 3.78. The number of hydrogen-bond donors (Lipinski definition) is 1. The van der Waals surface area contributed by atoms with Crippen LogP contribution in [0.1, 0.15) is 17.0 Å². The van der Waals surface area contributed by atoms with Gasteiger partial charge in [0.15, 0.2) is 0 Å². The van der Waals surface area contributed by atoms with Crippen LogP contribution in [0.5, 0.6) is 0 Å². The summed E-state index contributed by atoms with van der Waals surface area (Å²) >= 11 is 0. The van der Waals surface area contributed by atoms with Crippen LogP contribution in [0.15, 0.2) is 78.9 Å². The summed E-state index contributed by atoms with van der Waals surface area (Å²) in [7, 11) is 0. The SMILES string of the molecule is C1=CC2=c3c([nH]c4c3ccc3ccccc34)=CC3c4ccccc4C(=C1)C23. The molecular weight excluding hydrogens is 326 g/mol. The quantitative estimate of drug-likeness (QED) is 0.479. The fourth-order valence-corrected chi connectivity index (χ4v) is 5.50. The number of rotatable bonds is 0. The molecule has 0 amide bonds. The summed E-state index contributed by atoms with van der Waals surface area (Å²) in [5, 5.41) is 6.61. The van der Waals surface area contributed by atoms with E-state index in [2.05, 4.69) is 90.0 Å². The Kier molecular flexibility index (Phi) is 2.40. The van der Waals surface area contributed by atoms with Gasteiger partial charge in [-0.1, -0.05) is 85.0 Å². The predicted molar refractivity (Wildman–Crippen MR) is 113 cm³/mol. The maximum absolute atomic E-state index is 3.78. The lowest BCUT2D eigenvalue weighted by molar-refractivity contribution is 0.797. The lowest BCUT2D eigenvalue weighted by Crippen LogP contribution is -2.34. The Bertz CT molecular complexity index is 1480. The molecule has 1 heterocycles. The molecule has 2 atom stereocenters. The van der Waals surface area contributed by atoms with Crippen molar-refractivity contribution in [3.63, 3.8) is 0 Å². The number of nitrogens with one attached hydrogen (secondary N) is 1. The summed E-state index contributed by atoms with van der Waals surface area (Å²) in [5.41, 5.74) is 7.09. The fraction of sp³-hybridized carbons (Fsp3) is 0.0769. The number of aromatic nitrogens is 1. The second-order valence-corrected chi connectivity index (χ2v) is 7.82. The van der Waals surface area contributed by atoms with Crippen LogP contribution in [0.3, 0.4) is 0 Å². The first-order valence-electron chi connectivity index (χ1n) is 9.63. The van der Waals surface area contributed by atoms with Gasteiger partial charge in [-0.05, 0) is 27.7 Å². The summed E-state index contributed by atoms with van der Waals surface area (Å²) in [4.78, 5) is 3.78. The lowest BCUT2D eigenvalue weighted by atomic mass is 9.78. The summed E-state index contributed by atoms with van der Waals surface area (Å²) in [6.07, 6.45) is 9.35. The molecule has 1 N–H and O–H groups in total. The smallest absolute Gasteiger partial charge is 0.0544 e. The Labute approximate surface area is 156 Å². The molecule has 0 radical (unpaired) electrons. The van der Waals surface area contributed by atoms with E-state index in [-0.39, 0.29) is 0 Å². The van der Waals surface area contributed by atoms with Crippen LogP contribution in [-0.2, 0) is 0 Å². The van der Waals surface area contributed by atoms with E-state index in [0.29, 0.717) is 11.8 Å². The minimum Gasteiger partial charge on any atom is -0.354 e. The molecule has 3 aliphatic carbocycles. The minimum absolute atomic E-state index is 0.430. The lowest BCUT2D eigenvalue weighted by Gasteiger charge is -2.25. The van der Waals surface area contributed by atoms with E-state index in [9.17, 15) is 0 Å². The summed E-state index contributed by atoms with van der Waals surface area (Å²) in [5.74, 6) is 0.879. The van der Waals surface area contributed by atoms with Crippen LogP contribution in [0.4, 0.5) is 0 Å². The molecule has 0 fully saturated rings. The molecular formula is C26H17N. The van der Waals surface area contributed by atoms with Crippen molar-refractivity contribution in [2.75, 3.05) is 0 Å². The van der Waals surface area contributed by atoms with E-state index >= 15 is 0 Å². The van der Waals surface area contributed by atoms with Gasteiger partial charge in [0, 0.05) is 33.2 Å². The molecule has 27 heavy (non-hydrogen) atoms. The van der Waals surface area contributed by atoms with E-state index in [1.807, 2.05) is 0 Å². The van der Waals surface area contributed by atoms with E-state index in [1.54, 1.807) is 0 Å². The zero-order chi connectivity index (χ0) is 17.5. The Hall–Kier alpha value is -3.32. The van der Waals surface area contributed by atoms with Gasteiger partial charge in [0.1, 0.15) is 0 Å². The standard InChI is InChI=1S/C26H17N/c1-2-7-16-15(6-1)12-13-21-25-20-11-5-10-19-17-8-3-4-9-18(17)22(24(19)20)14-23(25)27-26(16)21/h1-14,22,24,27H. The highest BCUT2D eigenvalue weighted by Crippen LogP contribution is 2.52. The fourth-order valence-electron chi connectivity index (χ4n) is 5.50. The van der Waals surface area contributed by atoms with Gasteiger partial charge in [0.2, 0.25) is 0 Å². The molecule has 3 aliphatic rings. The summed E-state index contributed by atoms with van der Waals surface area (Å²) in [6, 6.07) is 22.1. The van der Waals surface area contributed by atoms with Gasteiger partial charge in [-0.25, -0.2) is 0 Å². The van der Waals surface area contributed by atoms with E-state index in [4.69, 9.17) is 0 Å². The van der Waals surface area contributed by atoms with Crippen molar-refractivity contribution in [1.29, 1.82) is 0 Å². The summed E-state index contributed by atoms with van der Waals surface area (Å²) in [6.45, 7) is 0. The predicted octanol–water partition coefficient (Wildman–Crippen LogP) is 4.63. The average Bonchev–Trinajstić information content (AvgIpc) is 3.26. The molecule has 0 spiro atoms. The third-order valence-electron chi connectivity index (χ3n) is 6.57. The molecule has 0 aliphatic heterocycles. The largest absolute Gasteiger partial charge is 0.354 e. The van der Waals surface area contributed by atoms with Crippen molar-refractivity contribution in [3.8, 4) is 0 Å². The highest BCUT2D eigenvalue weighted by atomic mass is 14.7. The van der Waals surface area contributed by atoms with E-state index in [1.165, 1.54) is 54.5 Å². The van der Waals surface area contributed by atoms with Gasteiger partial charge >= 0.3 is 0 Å². The summed E-state index contributed by atoms with van der Waals surface area (Å²) < 4.78 is 0. The molecule has 7 rings (SSSR count). The van der Waals surface area contributed by atoms with Crippen molar-refractivity contribution in [2.24, 2.45) is 5.92 Å². The normalized spacial score (nSPS) is 21.6. The highest BCUT2D eigenvalue weighted by molar-refractivity contribution is 6.07. The van der Waals surface area contributed by atoms with E-state index in [0.717, 1.165) is 0 Å². The zero-order valence-corrected chi connectivity index (χ0v) is 14.7. The Morgan fingerprint density at radius 2 is 1.70 bits per heavy atom. The molecule has 1 aromatic heterocycles. The average molecular weight is 343 g/mol. The van der Waals surface area contributed by atoms with Gasteiger partial charge < -0.3 is 4.98 Å². The van der Waals surface area contributed by atoms with Gasteiger partial charge in [0.25, 0.3) is 0 Å². The Morgan fingerprint density at radius 3 is 2.70 bits per heavy atom. The second kappa shape index (κ2) is 4.69. The molecule has 0 saturated carbocycles. The first kappa shape index (κ1) is 13.8. The number of fused-ring (bicyclic) bond motifs is 8. The van der Waals surface area contributed by atoms with Crippen molar-refractivity contribution in [2.45, 2.75) is 5.92 Å². The van der Waals surface area contributed by atoms with Crippen molar-refractivity contribution < 1.29 is 0 Å². The molecule has 0 saturated heterocycles. The zero-order valence-electron chi connectivity index (χ0n) is 14.7. The van der Waals surface area contributed by atoms with Gasteiger partial charge in [-0.2, -0.15) is 0 Å². The van der Waals surface area contributed by atoms with Crippen LogP contribution >= 0.6 is 0 Å². The first-order valence-corrected chi connectivity index (χ1v) is 9.63. The topological polar surface area (TPSA) is 15.8 Å². The number of allylic oxidation sites excluding steroid dienone is 4. The van der Waals surface area contributed by atoms with Crippen LogP contribution in [-0.4, -0.2) is 4.98 Å². The molecule has 2 unspecified atom stereocenters. The number of hydrogen-bond acceptors (Lipinski definition) is 0. The third-order valence-corrected chi connectivity index (χ3v) is 6.57. The van der Waals surface area contributed by atoms with E-state index < -0.39 is 0 Å². The van der Waals surface area contributed by atoms with Crippen molar-refractivity contribution in [1.82, 2.24) is 4.98 Å². The molecule has 4 aromatic rings. The van der Waals surface area contributed by atoms with Gasteiger partial charge in [-0.15, -0.1) is 0 Å². The maximum Gasteiger partial charge on any atom is 0.0544 e. The monoisotopic (exact) mass is 343 g/mol. The third kappa shape index (κ3) is 1.61. The molecule has 1 nitrogen and oxygen atoms in total. The number of benzene rings is 3. The molecule has 0 bridgehead atoms. The van der Waals surface area contributed by atoms with Crippen molar-refractivity contribution in [3.05, 3.63) is 101 Å². The first-order chi connectivity index (χ1) is 13.4. The molecule has 1 heteroatoms. The van der Waals surface area contributed by atoms with Crippen LogP contribution < -0.4 is 10.6 Å².